The van der Waals surface area contributed by atoms with Crippen molar-refractivity contribution in [1.29, 1.82) is 0 Å². The molecule has 1 aromatic heterocycles. The Balaban J connectivity index is 2.34. The van der Waals surface area contributed by atoms with E-state index in [1.54, 1.807) is 11.3 Å². The van der Waals surface area contributed by atoms with Crippen LogP contribution in [0.2, 0.25) is 0 Å². The van der Waals surface area contributed by atoms with E-state index in [9.17, 15) is 5.11 Å². The first kappa shape index (κ1) is 13.7. The molecule has 92 valence electrons. The van der Waals surface area contributed by atoms with Crippen LogP contribution in [0.15, 0.2) is 17.5 Å². The summed E-state index contributed by atoms with van der Waals surface area (Å²) in [5.74, 6) is 0.704. The predicted octanol–water partition coefficient (Wildman–Crippen LogP) is 3.20. The summed E-state index contributed by atoms with van der Waals surface area (Å²) >= 11 is 1.61. The van der Waals surface area contributed by atoms with Crippen molar-refractivity contribution in [2.24, 2.45) is 5.92 Å². The third-order valence-electron chi connectivity index (χ3n) is 3.26. The van der Waals surface area contributed by atoms with Gasteiger partial charge in [0.05, 0.1) is 0 Å². The zero-order valence-electron chi connectivity index (χ0n) is 10.4. The van der Waals surface area contributed by atoms with Gasteiger partial charge in [-0.3, -0.25) is 0 Å². The average molecular weight is 241 g/mol. The Hall–Kier alpha value is -0.380. The fourth-order valence-corrected chi connectivity index (χ4v) is 2.75. The van der Waals surface area contributed by atoms with Gasteiger partial charge in [-0.15, -0.1) is 11.3 Å². The number of hydrogen-bond acceptors (Lipinski definition) is 3. The summed E-state index contributed by atoms with van der Waals surface area (Å²) in [7, 11) is 0. The van der Waals surface area contributed by atoms with Crippen LogP contribution >= 0.6 is 11.3 Å². The number of rotatable bonds is 7. The summed E-state index contributed by atoms with van der Waals surface area (Å²) in [5, 5.41) is 15.4. The van der Waals surface area contributed by atoms with Gasteiger partial charge in [0.25, 0.3) is 0 Å². The zero-order chi connectivity index (χ0) is 12.0. The van der Waals surface area contributed by atoms with Gasteiger partial charge < -0.3 is 10.4 Å². The molecule has 0 bridgehead atoms. The van der Waals surface area contributed by atoms with Crippen molar-refractivity contribution >= 4 is 11.3 Å². The lowest BCUT2D eigenvalue weighted by molar-refractivity contribution is 0.168. The Morgan fingerprint density at radius 1 is 1.38 bits per heavy atom. The maximum Gasteiger partial charge on any atom is 0.101 e. The molecule has 0 spiro atoms. The first-order valence-electron chi connectivity index (χ1n) is 6.13. The normalized spacial score (nSPS) is 15.3. The Kier molecular flexibility index (Phi) is 6.03. The van der Waals surface area contributed by atoms with E-state index in [0.717, 1.165) is 4.88 Å². The lowest BCUT2D eigenvalue weighted by Gasteiger charge is -2.23. The second-order valence-corrected chi connectivity index (χ2v) is 5.28. The molecule has 1 rings (SSSR count). The summed E-state index contributed by atoms with van der Waals surface area (Å²) in [5.41, 5.74) is 0. The summed E-state index contributed by atoms with van der Waals surface area (Å²) in [6, 6.07) is 4.44. The largest absolute Gasteiger partial charge is 0.386 e. The van der Waals surface area contributed by atoms with E-state index >= 15 is 0 Å². The van der Waals surface area contributed by atoms with E-state index in [4.69, 9.17) is 0 Å². The van der Waals surface area contributed by atoms with Crippen molar-refractivity contribution in [1.82, 2.24) is 5.32 Å². The molecule has 0 saturated heterocycles. The molecule has 2 nitrogen and oxygen atoms in total. The molecule has 0 saturated carbocycles. The van der Waals surface area contributed by atoms with E-state index in [1.165, 1.54) is 12.8 Å². The number of thiophene rings is 1. The van der Waals surface area contributed by atoms with E-state index in [-0.39, 0.29) is 6.10 Å². The van der Waals surface area contributed by atoms with E-state index in [1.807, 2.05) is 17.5 Å². The molecule has 2 N–H and O–H groups in total. The van der Waals surface area contributed by atoms with Crippen molar-refractivity contribution < 1.29 is 5.11 Å². The second kappa shape index (κ2) is 7.05. The minimum atomic E-state index is -0.364. The summed E-state index contributed by atoms with van der Waals surface area (Å²) in [6.45, 7) is 7.31. The highest BCUT2D eigenvalue weighted by Gasteiger charge is 2.15. The predicted molar refractivity (Wildman–Crippen MR) is 70.8 cm³/mol. The van der Waals surface area contributed by atoms with E-state index < -0.39 is 0 Å². The molecule has 2 atom stereocenters. The lowest BCUT2D eigenvalue weighted by Crippen LogP contribution is -2.35. The van der Waals surface area contributed by atoms with Crippen LogP contribution in [-0.4, -0.2) is 17.7 Å². The standard InChI is InChI=1S/C13H23NOS/c1-4-11(5-2)10(3)14-9-12(15)13-7-6-8-16-13/h6-8,10-12,14-15H,4-5,9H2,1-3H3. The van der Waals surface area contributed by atoms with Crippen LogP contribution < -0.4 is 5.32 Å². The van der Waals surface area contributed by atoms with Crippen molar-refractivity contribution in [3.8, 4) is 0 Å². The van der Waals surface area contributed by atoms with Gasteiger partial charge in [0.2, 0.25) is 0 Å². The molecule has 0 aliphatic rings. The minimum absolute atomic E-state index is 0.364. The molecule has 16 heavy (non-hydrogen) atoms. The maximum atomic E-state index is 9.93. The topological polar surface area (TPSA) is 32.3 Å². The van der Waals surface area contributed by atoms with Crippen molar-refractivity contribution in [2.45, 2.75) is 45.8 Å². The second-order valence-electron chi connectivity index (χ2n) is 4.30. The molecule has 1 aromatic rings. The van der Waals surface area contributed by atoms with Crippen LogP contribution in [0.25, 0.3) is 0 Å². The van der Waals surface area contributed by atoms with Gasteiger partial charge >= 0.3 is 0 Å². The smallest absolute Gasteiger partial charge is 0.101 e. The lowest BCUT2D eigenvalue weighted by atomic mass is 9.95. The Labute approximate surface area is 103 Å². The molecule has 0 aliphatic heterocycles. The van der Waals surface area contributed by atoms with Crippen LogP contribution in [0.3, 0.4) is 0 Å². The van der Waals surface area contributed by atoms with Gasteiger partial charge in [-0.1, -0.05) is 32.8 Å². The Morgan fingerprint density at radius 2 is 2.06 bits per heavy atom. The molecule has 3 heteroatoms. The average Bonchev–Trinajstić information content (AvgIpc) is 2.81. The van der Waals surface area contributed by atoms with Gasteiger partial charge in [-0.05, 0) is 24.3 Å². The van der Waals surface area contributed by atoms with E-state index in [2.05, 4.69) is 26.1 Å². The summed E-state index contributed by atoms with van der Waals surface area (Å²) in [6.07, 6.45) is 2.02. The fourth-order valence-electron chi connectivity index (χ4n) is 2.04. The highest BCUT2D eigenvalue weighted by molar-refractivity contribution is 7.10. The monoisotopic (exact) mass is 241 g/mol. The number of aliphatic hydroxyl groups is 1. The van der Waals surface area contributed by atoms with Gasteiger partial charge in [-0.25, -0.2) is 0 Å². The van der Waals surface area contributed by atoms with Crippen LogP contribution in [0.1, 0.15) is 44.6 Å². The van der Waals surface area contributed by atoms with Gasteiger partial charge in [-0.2, -0.15) is 0 Å². The van der Waals surface area contributed by atoms with Gasteiger partial charge in [0.1, 0.15) is 6.10 Å². The highest BCUT2D eigenvalue weighted by atomic mass is 32.1. The SMILES string of the molecule is CCC(CC)C(C)NCC(O)c1cccs1. The number of hydrogen-bond donors (Lipinski definition) is 2. The van der Waals surface area contributed by atoms with Crippen LogP contribution in [0, 0.1) is 5.92 Å². The molecular weight excluding hydrogens is 218 g/mol. The quantitative estimate of drug-likeness (QED) is 0.768. The summed E-state index contributed by atoms with van der Waals surface area (Å²) in [4.78, 5) is 1.05. The van der Waals surface area contributed by atoms with Crippen molar-refractivity contribution in [2.75, 3.05) is 6.54 Å². The molecular formula is C13H23NOS. The molecule has 0 fully saturated rings. The molecule has 0 amide bonds. The molecule has 0 aliphatic carbocycles. The molecule has 2 unspecified atom stereocenters. The fraction of sp³-hybridized carbons (Fsp3) is 0.692. The number of aliphatic hydroxyl groups excluding tert-OH is 1. The van der Waals surface area contributed by atoms with Crippen LogP contribution in [-0.2, 0) is 0 Å². The molecule has 0 aromatic carbocycles. The van der Waals surface area contributed by atoms with Crippen molar-refractivity contribution in [3.05, 3.63) is 22.4 Å². The van der Waals surface area contributed by atoms with Crippen LogP contribution in [0.5, 0.6) is 0 Å². The third kappa shape index (κ3) is 3.89. The van der Waals surface area contributed by atoms with Crippen molar-refractivity contribution in [3.63, 3.8) is 0 Å². The molecule has 1 heterocycles. The summed E-state index contributed by atoms with van der Waals surface area (Å²) < 4.78 is 0. The van der Waals surface area contributed by atoms with Gasteiger partial charge in [0.15, 0.2) is 0 Å². The molecule has 0 radical (unpaired) electrons. The highest BCUT2D eigenvalue weighted by Crippen LogP contribution is 2.19. The first-order chi connectivity index (χ1) is 7.69. The zero-order valence-corrected chi connectivity index (χ0v) is 11.3. The Bertz CT molecular complexity index is 269. The minimum Gasteiger partial charge on any atom is -0.386 e. The van der Waals surface area contributed by atoms with Crippen LogP contribution in [0.4, 0.5) is 0 Å². The Morgan fingerprint density at radius 3 is 2.56 bits per heavy atom. The third-order valence-corrected chi connectivity index (χ3v) is 4.23. The first-order valence-corrected chi connectivity index (χ1v) is 7.01. The van der Waals surface area contributed by atoms with E-state index in [0.29, 0.717) is 18.5 Å². The maximum absolute atomic E-state index is 9.93. The number of nitrogens with one attached hydrogen (secondary N) is 1. The van der Waals surface area contributed by atoms with Gasteiger partial charge in [0, 0.05) is 17.5 Å².